The van der Waals surface area contributed by atoms with Crippen molar-refractivity contribution in [3.05, 3.63) is 53.6 Å². The molecule has 0 aliphatic heterocycles. The predicted octanol–water partition coefficient (Wildman–Crippen LogP) is 3.03. The van der Waals surface area contributed by atoms with Gasteiger partial charge in [-0.1, -0.05) is 12.1 Å². The maximum atomic E-state index is 11.3. The summed E-state index contributed by atoms with van der Waals surface area (Å²) < 4.78 is 31.9. The van der Waals surface area contributed by atoms with E-state index in [-0.39, 0.29) is 6.61 Å². The summed E-state index contributed by atoms with van der Waals surface area (Å²) in [6, 6.07) is 10.3. The predicted molar refractivity (Wildman–Crippen MR) is 115 cm³/mol. The number of aliphatic hydroxyl groups is 1. The van der Waals surface area contributed by atoms with Gasteiger partial charge in [-0.25, -0.2) is 4.79 Å². The summed E-state index contributed by atoms with van der Waals surface area (Å²) in [6.07, 6.45) is 1.17. The third kappa shape index (κ3) is 6.37. The molecule has 0 aliphatic rings. The summed E-state index contributed by atoms with van der Waals surface area (Å²) in [5.41, 5.74) is 1.30. The first-order chi connectivity index (χ1) is 15.0. The molecule has 1 N–H and O–H groups in total. The van der Waals surface area contributed by atoms with Crippen LogP contribution in [0.3, 0.4) is 0 Å². The van der Waals surface area contributed by atoms with Crippen molar-refractivity contribution < 1.29 is 38.3 Å². The molecule has 0 aromatic heterocycles. The zero-order valence-corrected chi connectivity index (χ0v) is 18.3. The second kappa shape index (κ2) is 11.8. The minimum Gasteiger partial charge on any atom is -0.493 e. The fourth-order valence-corrected chi connectivity index (χ4v) is 2.89. The lowest BCUT2D eigenvalue weighted by Crippen LogP contribution is -2.30. The Balaban J connectivity index is 2.27. The molecule has 1 unspecified atom stereocenters. The number of methoxy groups -OCH3 is 5. The molecule has 0 fully saturated rings. The number of carbonyl (C=O) groups is 1. The van der Waals surface area contributed by atoms with Crippen LogP contribution in [0.2, 0.25) is 0 Å². The highest BCUT2D eigenvalue weighted by atomic mass is 16.6. The fourth-order valence-electron chi connectivity index (χ4n) is 2.89. The minimum absolute atomic E-state index is 0.128. The Labute approximate surface area is 181 Å². The lowest BCUT2D eigenvalue weighted by Gasteiger charge is -2.25. The molecular formula is C23H28O8. The lowest BCUT2D eigenvalue weighted by molar-refractivity contribution is -0.134. The number of hydrogen-bond donors (Lipinski definition) is 1. The Morgan fingerprint density at radius 3 is 2.16 bits per heavy atom. The van der Waals surface area contributed by atoms with E-state index in [1.165, 1.54) is 34.5 Å². The molecule has 168 valence electrons. The van der Waals surface area contributed by atoms with E-state index in [2.05, 4.69) is 4.74 Å². The number of carbonyl (C=O) groups excluding carboxylic acids is 1. The van der Waals surface area contributed by atoms with Crippen LogP contribution in [-0.4, -0.2) is 59.3 Å². The van der Waals surface area contributed by atoms with Crippen molar-refractivity contribution in [3.63, 3.8) is 0 Å². The third-order valence-electron chi connectivity index (χ3n) is 4.51. The van der Waals surface area contributed by atoms with Gasteiger partial charge in [-0.2, -0.15) is 0 Å². The summed E-state index contributed by atoms with van der Waals surface area (Å²) in [7, 11) is 7.41. The van der Waals surface area contributed by atoms with E-state index in [9.17, 15) is 9.90 Å². The number of hydrogen-bond acceptors (Lipinski definition) is 8. The van der Waals surface area contributed by atoms with Crippen LogP contribution >= 0.6 is 0 Å². The molecule has 2 rings (SSSR count). The zero-order valence-electron chi connectivity index (χ0n) is 18.3. The number of rotatable bonds is 11. The number of aliphatic hydroxyl groups excluding tert-OH is 1. The molecule has 31 heavy (non-hydrogen) atoms. The van der Waals surface area contributed by atoms with E-state index in [1.807, 2.05) is 0 Å². The summed E-state index contributed by atoms with van der Waals surface area (Å²) >= 11 is 0. The second-order valence-electron chi connectivity index (χ2n) is 6.44. The van der Waals surface area contributed by atoms with Gasteiger partial charge in [-0.3, -0.25) is 0 Å². The summed E-state index contributed by atoms with van der Waals surface area (Å²) in [5, 5.41) is 10.9. The van der Waals surface area contributed by atoms with Gasteiger partial charge in [0.1, 0.15) is 6.10 Å². The molecule has 2 atom stereocenters. The SMILES string of the molecule is COC[C@H](Oc1ccc(/C=C/C(=O)OC)cc1OC)C(O)c1ccc(OC)c(OC)c1. The van der Waals surface area contributed by atoms with Crippen LogP contribution in [0.15, 0.2) is 42.5 Å². The molecule has 0 heterocycles. The Kier molecular flexibility index (Phi) is 9.17. The lowest BCUT2D eigenvalue weighted by atomic mass is 10.0. The van der Waals surface area contributed by atoms with Gasteiger partial charge in [0.15, 0.2) is 29.1 Å². The summed E-state index contributed by atoms with van der Waals surface area (Å²) in [4.78, 5) is 11.3. The number of benzene rings is 2. The number of esters is 1. The number of ether oxygens (including phenoxy) is 6. The Morgan fingerprint density at radius 2 is 1.55 bits per heavy atom. The normalized spacial score (nSPS) is 12.8. The van der Waals surface area contributed by atoms with Crippen molar-refractivity contribution in [3.8, 4) is 23.0 Å². The van der Waals surface area contributed by atoms with Crippen molar-refractivity contribution in [2.24, 2.45) is 0 Å². The highest BCUT2D eigenvalue weighted by Gasteiger charge is 2.25. The molecule has 8 heteroatoms. The molecule has 0 saturated carbocycles. The van der Waals surface area contributed by atoms with Crippen molar-refractivity contribution in [1.82, 2.24) is 0 Å². The summed E-state index contributed by atoms with van der Waals surface area (Å²) in [5.74, 6) is 1.44. The van der Waals surface area contributed by atoms with E-state index in [0.717, 1.165) is 5.56 Å². The van der Waals surface area contributed by atoms with Crippen LogP contribution in [0, 0.1) is 0 Å². The molecule has 0 aliphatic carbocycles. The van der Waals surface area contributed by atoms with Crippen LogP contribution in [0.1, 0.15) is 17.2 Å². The molecule has 0 radical (unpaired) electrons. The molecule has 0 bridgehead atoms. The quantitative estimate of drug-likeness (QED) is 0.428. The van der Waals surface area contributed by atoms with Gasteiger partial charge >= 0.3 is 5.97 Å². The molecule has 0 spiro atoms. The first-order valence-corrected chi connectivity index (χ1v) is 9.47. The van der Waals surface area contributed by atoms with Gasteiger partial charge < -0.3 is 33.5 Å². The zero-order chi connectivity index (χ0) is 22.8. The molecule has 2 aromatic rings. The molecular weight excluding hydrogens is 404 g/mol. The van der Waals surface area contributed by atoms with E-state index in [4.69, 9.17) is 23.7 Å². The topological polar surface area (TPSA) is 92.7 Å². The van der Waals surface area contributed by atoms with E-state index in [0.29, 0.717) is 28.6 Å². The van der Waals surface area contributed by atoms with E-state index in [1.54, 1.807) is 49.6 Å². The Morgan fingerprint density at radius 1 is 0.903 bits per heavy atom. The Bertz CT molecular complexity index is 893. The van der Waals surface area contributed by atoms with Crippen LogP contribution in [0.4, 0.5) is 0 Å². The Hall–Kier alpha value is -3.23. The summed E-state index contributed by atoms with van der Waals surface area (Å²) in [6.45, 7) is 0.128. The van der Waals surface area contributed by atoms with E-state index < -0.39 is 18.2 Å². The van der Waals surface area contributed by atoms with Crippen molar-refractivity contribution in [1.29, 1.82) is 0 Å². The fraction of sp³-hybridized carbons (Fsp3) is 0.348. The standard InChI is InChI=1S/C23H28O8/c1-26-14-21(23(25)16-8-10-17(27-2)20(13-16)29-4)31-18-9-6-15(12-19(18)28-3)7-11-22(24)30-5/h6-13,21,23,25H,14H2,1-5H3/b11-7+/t21-,23?/m0/s1. The first kappa shape index (κ1) is 24.0. The van der Waals surface area contributed by atoms with Gasteiger partial charge in [0.25, 0.3) is 0 Å². The minimum atomic E-state index is -1.01. The first-order valence-electron chi connectivity index (χ1n) is 9.47. The van der Waals surface area contributed by atoms with Crippen LogP contribution in [0.5, 0.6) is 23.0 Å². The van der Waals surface area contributed by atoms with E-state index >= 15 is 0 Å². The molecule has 0 saturated heterocycles. The van der Waals surface area contributed by atoms with Crippen molar-refractivity contribution in [2.75, 3.05) is 42.2 Å². The van der Waals surface area contributed by atoms with Gasteiger partial charge in [0.05, 0.1) is 35.0 Å². The highest BCUT2D eigenvalue weighted by Crippen LogP contribution is 2.34. The average molecular weight is 432 g/mol. The van der Waals surface area contributed by atoms with Crippen molar-refractivity contribution >= 4 is 12.0 Å². The van der Waals surface area contributed by atoms with Gasteiger partial charge in [0, 0.05) is 13.2 Å². The van der Waals surface area contributed by atoms with Gasteiger partial charge in [-0.15, -0.1) is 0 Å². The van der Waals surface area contributed by atoms with Gasteiger partial charge in [0.2, 0.25) is 0 Å². The second-order valence-corrected chi connectivity index (χ2v) is 6.44. The smallest absolute Gasteiger partial charge is 0.330 e. The highest BCUT2D eigenvalue weighted by molar-refractivity contribution is 5.87. The average Bonchev–Trinajstić information content (AvgIpc) is 2.81. The molecule has 2 aromatic carbocycles. The maximum absolute atomic E-state index is 11.3. The van der Waals surface area contributed by atoms with Crippen LogP contribution in [-0.2, 0) is 14.3 Å². The largest absolute Gasteiger partial charge is 0.493 e. The third-order valence-corrected chi connectivity index (χ3v) is 4.51. The van der Waals surface area contributed by atoms with Crippen LogP contribution in [0.25, 0.3) is 6.08 Å². The molecule has 8 nitrogen and oxygen atoms in total. The monoisotopic (exact) mass is 432 g/mol. The van der Waals surface area contributed by atoms with Crippen LogP contribution < -0.4 is 18.9 Å². The maximum Gasteiger partial charge on any atom is 0.330 e. The van der Waals surface area contributed by atoms with Crippen molar-refractivity contribution in [2.45, 2.75) is 12.2 Å². The molecule has 0 amide bonds. The van der Waals surface area contributed by atoms with Gasteiger partial charge in [-0.05, 0) is 41.5 Å².